The smallest absolute Gasteiger partial charge is 0.241 e. The summed E-state index contributed by atoms with van der Waals surface area (Å²) in [6.45, 7) is 19.3. The molecule has 0 saturated heterocycles. The zero-order chi connectivity index (χ0) is 21.2. The zero-order valence-electron chi connectivity index (χ0n) is 20.4. The van der Waals surface area contributed by atoms with E-state index in [1.54, 1.807) is 0 Å². The van der Waals surface area contributed by atoms with Gasteiger partial charge < -0.3 is 8.85 Å². The highest BCUT2D eigenvalue weighted by molar-refractivity contribution is 6.70. The van der Waals surface area contributed by atoms with Crippen LogP contribution in [0.3, 0.4) is 0 Å². The van der Waals surface area contributed by atoms with Crippen molar-refractivity contribution in [2.45, 2.75) is 111 Å². The molecule has 0 aliphatic heterocycles. The first-order chi connectivity index (χ1) is 13.3. The molecule has 4 aliphatic carbocycles. The minimum absolute atomic E-state index is 0.308. The fraction of sp³-hybridized carbons (Fsp3) is 0.920. The van der Waals surface area contributed by atoms with Gasteiger partial charge in [-0.3, -0.25) is 0 Å². The van der Waals surface area contributed by atoms with Crippen molar-refractivity contribution >= 4 is 16.6 Å². The largest absolute Gasteiger partial charge is 0.547 e. The van der Waals surface area contributed by atoms with Crippen molar-refractivity contribution in [3.63, 3.8) is 0 Å². The van der Waals surface area contributed by atoms with Crippen molar-refractivity contribution in [2.24, 2.45) is 34.5 Å². The first-order valence-corrected chi connectivity index (χ1v) is 19.2. The lowest BCUT2D eigenvalue weighted by Crippen LogP contribution is -2.54. The molecule has 0 spiro atoms. The normalized spacial score (nSPS) is 45.1. The van der Waals surface area contributed by atoms with Crippen molar-refractivity contribution in [1.29, 1.82) is 0 Å². The molecule has 29 heavy (non-hydrogen) atoms. The third-order valence-corrected chi connectivity index (χ3v) is 10.9. The third-order valence-electron chi connectivity index (χ3n) is 9.06. The summed E-state index contributed by atoms with van der Waals surface area (Å²) >= 11 is 0. The Balaban J connectivity index is 1.49. The van der Waals surface area contributed by atoms with Crippen LogP contribution in [-0.4, -0.2) is 22.7 Å². The molecule has 3 fully saturated rings. The number of rotatable bonds is 4. The molecule has 2 nitrogen and oxygen atoms in total. The lowest BCUT2D eigenvalue weighted by Gasteiger charge is -2.61. The molecule has 7 atom stereocenters. The van der Waals surface area contributed by atoms with E-state index in [1.807, 2.05) is 0 Å². The first-order valence-electron chi connectivity index (χ1n) is 12.4. The van der Waals surface area contributed by atoms with Gasteiger partial charge in [0.15, 0.2) is 8.32 Å². The predicted molar refractivity (Wildman–Crippen MR) is 128 cm³/mol. The van der Waals surface area contributed by atoms with E-state index in [0.29, 0.717) is 16.9 Å². The Morgan fingerprint density at radius 3 is 2.24 bits per heavy atom. The summed E-state index contributed by atoms with van der Waals surface area (Å²) < 4.78 is 13.2. The van der Waals surface area contributed by atoms with E-state index in [1.165, 1.54) is 57.1 Å². The van der Waals surface area contributed by atoms with E-state index in [-0.39, 0.29) is 0 Å². The van der Waals surface area contributed by atoms with Crippen LogP contribution in [0.4, 0.5) is 0 Å². The van der Waals surface area contributed by atoms with Crippen LogP contribution in [0.25, 0.3) is 0 Å². The van der Waals surface area contributed by atoms with Crippen LogP contribution in [0, 0.1) is 34.5 Å². The van der Waals surface area contributed by atoms with Gasteiger partial charge in [0.2, 0.25) is 8.32 Å². The van der Waals surface area contributed by atoms with Crippen molar-refractivity contribution in [3.8, 4) is 0 Å². The van der Waals surface area contributed by atoms with Gasteiger partial charge in [-0.25, -0.2) is 0 Å². The molecule has 0 aromatic heterocycles. The highest BCUT2D eigenvalue weighted by atomic mass is 28.4. The lowest BCUT2D eigenvalue weighted by atomic mass is 9.45. The topological polar surface area (TPSA) is 18.5 Å². The maximum Gasteiger partial charge on any atom is 0.241 e. The van der Waals surface area contributed by atoms with Crippen molar-refractivity contribution < 1.29 is 8.85 Å². The van der Waals surface area contributed by atoms with E-state index in [9.17, 15) is 0 Å². The van der Waals surface area contributed by atoms with Crippen LogP contribution in [0.5, 0.6) is 0 Å². The number of hydrogen-bond donors (Lipinski definition) is 0. The average molecular weight is 435 g/mol. The molecule has 0 amide bonds. The molecule has 166 valence electrons. The average Bonchev–Trinajstić information content (AvgIpc) is 2.89. The van der Waals surface area contributed by atoms with E-state index in [2.05, 4.69) is 59.2 Å². The molecular weight excluding hydrogens is 388 g/mol. The summed E-state index contributed by atoms with van der Waals surface area (Å²) in [6, 6.07) is 0. The quantitative estimate of drug-likeness (QED) is 0.424. The number of allylic oxidation sites excluding steroid dienone is 2. The van der Waals surface area contributed by atoms with Gasteiger partial charge >= 0.3 is 0 Å². The van der Waals surface area contributed by atoms with Crippen LogP contribution in [-0.2, 0) is 8.85 Å². The van der Waals surface area contributed by atoms with Crippen molar-refractivity contribution in [1.82, 2.24) is 0 Å². The minimum atomic E-state index is -1.54. The Morgan fingerprint density at radius 1 is 0.862 bits per heavy atom. The molecule has 0 heterocycles. The van der Waals surface area contributed by atoms with Crippen LogP contribution >= 0.6 is 0 Å². The van der Waals surface area contributed by atoms with E-state index in [4.69, 9.17) is 8.85 Å². The summed E-state index contributed by atoms with van der Waals surface area (Å²) in [5.74, 6) is 4.91. The summed E-state index contributed by atoms with van der Waals surface area (Å²) in [7, 11) is -2.97. The second kappa shape index (κ2) is 7.23. The van der Waals surface area contributed by atoms with E-state index >= 15 is 0 Å². The molecule has 0 aromatic rings. The Labute approximate surface area is 182 Å². The molecule has 4 rings (SSSR count). The molecule has 0 unspecified atom stereocenters. The van der Waals surface area contributed by atoms with Gasteiger partial charge in [-0.2, -0.15) is 0 Å². The summed E-state index contributed by atoms with van der Waals surface area (Å²) in [4.78, 5) is 0. The van der Waals surface area contributed by atoms with Gasteiger partial charge in [-0.05, 0) is 126 Å². The molecular formula is C25H46O2Si2. The highest BCUT2D eigenvalue weighted by Gasteiger charge is 2.59. The van der Waals surface area contributed by atoms with Gasteiger partial charge in [0.1, 0.15) is 0 Å². The van der Waals surface area contributed by atoms with Crippen LogP contribution in [0.1, 0.15) is 65.2 Å². The van der Waals surface area contributed by atoms with Crippen molar-refractivity contribution in [2.75, 3.05) is 0 Å². The molecule has 0 radical (unpaired) electrons. The standard InChI is InChI=1S/C25H46O2Si2/c1-24-15-13-19(26-28(3,4)5)17-18(24)9-10-20-21-11-12-23(27-29(6,7)8)25(21,2)16-14-22(20)24/h12,18-22H,9-11,13-17H2,1-8H3/t18-,19+,20+,21+,22+,24+,25+/m1/s1. The molecule has 3 saturated carbocycles. The van der Waals surface area contributed by atoms with E-state index in [0.717, 1.165) is 23.7 Å². The Kier molecular flexibility index (Phi) is 5.52. The monoisotopic (exact) mass is 434 g/mol. The van der Waals surface area contributed by atoms with Gasteiger partial charge in [0.25, 0.3) is 0 Å². The minimum Gasteiger partial charge on any atom is -0.547 e. The summed E-state index contributed by atoms with van der Waals surface area (Å²) in [5.41, 5.74) is 0.856. The van der Waals surface area contributed by atoms with Gasteiger partial charge in [-0.15, -0.1) is 0 Å². The molecule has 0 bridgehead atoms. The first kappa shape index (κ1) is 22.1. The van der Waals surface area contributed by atoms with Crippen LogP contribution in [0.15, 0.2) is 11.8 Å². The Morgan fingerprint density at radius 2 is 1.59 bits per heavy atom. The van der Waals surface area contributed by atoms with Crippen LogP contribution in [0.2, 0.25) is 39.3 Å². The summed E-state index contributed by atoms with van der Waals surface area (Å²) in [6.07, 6.45) is 13.9. The predicted octanol–water partition coefficient (Wildman–Crippen LogP) is 7.59. The van der Waals surface area contributed by atoms with Gasteiger partial charge in [-0.1, -0.05) is 13.8 Å². The Bertz CT molecular complexity index is 661. The van der Waals surface area contributed by atoms with Crippen molar-refractivity contribution in [3.05, 3.63) is 11.8 Å². The fourth-order valence-electron chi connectivity index (χ4n) is 7.84. The molecule has 0 N–H and O–H groups in total. The number of fused-ring (bicyclic) bond motifs is 5. The second-order valence-electron chi connectivity index (χ2n) is 13.3. The third kappa shape index (κ3) is 4.07. The zero-order valence-corrected chi connectivity index (χ0v) is 22.4. The molecule has 0 aromatic carbocycles. The second-order valence-corrected chi connectivity index (χ2v) is 22.1. The SMILES string of the molecule is C[C@]12CC[C@H](O[Si](C)(C)C)C[C@H]1CC[C@@H]1[C@@H]2CC[C@]2(C)C(O[Si](C)(C)C)=CC[C@@H]12. The molecule has 4 heteroatoms. The Hall–Kier alpha value is -0.0662. The molecule has 4 aliphatic rings. The lowest BCUT2D eigenvalue weighted by molar-refractivity contribution is -0.119. The summed E-state index contributed by atoms with van der Waals surface area (Å²) in [5, 5.41) is 0. The highest BCUT2D eigenvalue weighted by Crippen LogP contribution is 2.66. The van der Waals surface area contributed by atoms with Gasteiger partial charge in [0, 0.05) is 11.5 Å². The number of hydrogen-bond acceptors (Lipinski definition) is 2. The van der Waals surface area contributed by atoms with E-state index < -0.39 is 16.6 Å². The maximum absolute atomic E-state index is 6.63. The van der Waals surface area contributed by atoms with Gasteiger partial charge in [0.05, 0.1) is 5.76 Å². The van der Waals surface area contributed by atoms with Crippen LogP contribution < -0.4 is 0 Å². The maximum atomic E-state index is 6.63. The fourth-order valence-corrected chi connectivity index (χ4v) is 10.0.